The summed E-state index contributed by atoms with van der Waals surface area (Å²) in [5.74, 6) is 0.688. The van der Waals surface area contributed by atoms with Crippen molar-refractivity contribution in [2.45, 2.75) is 58.0 Å². The zero-order valence-corrected chi connectivity index (χ0v) is 13.6. The molecule has 3 rings (SSSR count). The highest BCUT2D eigenvalue weighted by Crippen LogP contribution is 2.49. The molecule has 1 heterocycles. The Labute approximate surface area is 128 Å². The Bertz CT molecular complexity index is 481. The molecule has 1 aliphatic heterocycles. The standard InChI is InChI=1S/C19H28O2/c1-18(2,3)16-8-4-14(5-9-16)12-19(13-20)10-11-21-17(19)15-6-7-15/h4-5,8-9,15,17,20H,6-7,10-13H2,1-3H3. The minimum Gasteiger partial charge on any atom is -0.396 e. The van der Waals surface area contributed by atoms with Crippen LogP contribution >= 0.6 is 0 Å². The van der Waals surface area contributed by atoms with Crippen LogP contribution in [0.15, 0.2) is 24.3 Å². The van der Waals surface area contributed by atoms with Gasteiger partial charge < -0.3 is 9.84 Å². The van der Waals surface area contributed by atoms with Crippen molar-refractivity contribution in [1.29, 1.82) is 0 Å². The quantitative estimate of drug-likeness (QED) is 0.915. The fourth-order valence-electron chi connectivity index (χ4n) is 3.69. The van der Waals surface area contributed by atoms with Gasteiger partial charge in [-0.2, -0.15) is 0 Å². The van der Waals surface area contributed by atoms with Crippen molar-refractivity contribution in [3.63, 3.8) is 0 Å². The molecule has 2 nitrogen and oxygen atoms in total. The third-order valence-electron chi connectivity index (χ3n) is 5.24. The van der Waals surface area contributed by atoms with E-state index in [0.717, 1.165) is 19.4 Å². The van der Waals surface area contributed by atoms with E-state index in [1.165, 1.54) is 24.0 Å². The molecule has 1 N–H and O–H groups in total. The lowest BCUT2D eigenvalue weighted by Gasteiger charge is -2.33. The molecule has 116 valence electrons. The normalized spacial score (nSPS) is 29.8. The summed E-state index contributed by atoms with van der Waals surface area (Å²) in [5.41, 5.74) is 2.84. The molecule has 0 aromatic heterocycles. The van der Waals surface area contributed by atoms with Crippen LogP contribution in [0.3, 0.4) is 0 Å². The first-order valence-corrected chi connectivity index (χ1v) is 8.26. The number of aliphatic hydroxyl groups excluding tert-OH is 1. The van der Waals surface area contributed by atoms with Gasteiger partial charge in [0.25, 0.3) is 0 Å². The second-order valence-electron chi connectivity index (χ2n) is 8.02. The molecule has 0 amide bonds. The largest absolute Gasteiger partial charge is 0.396 e. The van der Waals surface area contributed by atoms with Gasteiger partial charge in [-0.05, 0) is 48.1 Å². The predicted molar refractivity (Wildman–Crippen MR) is 85.4 cm³/mol. The second-order valence-corrected chi connectivity index (χ2v) is 8.02. The molecule has 2 aliphatic rings. The molecule has 1 aliphatic carbocycles. The van der Waals surface area contributed by atoms with Crippen LogP contribution in [0.2, 0.25) is 0 Å². The highest BCUT2D eigenvalue weighted by molar-refractivity contribution is 5.28. The summed E-state index contributed by atoms with van der Waals surface area (Å²) < 4.78 is 5.97. The highest BCUT2D eigenvalue weighted by Gasteiger charge is 2.50. The van der Waals surface area contributed by atoms with E-state index in [0.29, 0.717) is 5.92 Å². The SMILES string of the molecule is CC(C)(C)c1ccc(CC2(CO)CCOC2C2CC2)cc1. The number of hydrogen-bond acceptors (Lipinski definition) is 2. The van der Waals surface area contributed by atoms with Gasteiger partial charge in [0.15, 0.2) is 0 Å². The minimum absolute atomic E-state index is 0.0512. The number of benzene rings is 1. The van der Waals surface area contributed by atoms with Gasteiger partial charge in [-0.1, -0.05) is 45.0 Å². The monoisotopic (exact) mass is 288 g/mol. The topological polar surface area (TPSA) is 29.5 Å². The molecule has 2 unspecified atom stereocenters. The molecule has 1 aromatic rings. The lowest BCUT2D eigenvalue weighted by molar-refractivity contribution is 0.000583. The van der Waals surface area contributed by atoms with E-state index in [4.69, 9.17) is 4.74 Å². The van der Waals surface area contributed by atoms with Crippen LogP contribution in [0, 0.1) is 11.3 Å². The van der Waals surface area contributed by atoms with Gasteiger partial charge in [0.2, 0.25) is 0 Å². The summed E-state index contributed by atoms with van der Waals surface area (Å²) in [4.78, 5) is 0. The number of hydrogen-bond donors (Lipinski definition) is 1. The van der Waals surface area contributed by atoms with Crippen molar-refractivity contribution in [2.75, 3.05) is 13.2 Å². The Balaban J connectivity index is 1.77. The van der Waals surface area contributed by atoms with E-state index in [-0.39, 0.29) is 23.5 Å². The van der Waals surface area contributed by atoms with E-state index in [1.54, 1.807) is 0 Å². The van der Waals surface area contributed by atoms with Gasteiger partial charge in [-0.15, -0.1) is 0 Å². The van der Waals surface area contributed by atoms with E-state index >= 15 is 0 Å². The molecule has 2 atom stereocenters. The zero-order valence-electron chi connectivity index (χ0n) is 13.6. The van der Waals surface area contributed by atoms with E-state index < -0.39 is 0 Å². The van der Waals surface area contributed by atoms with Crippen LogP contribution in [0.5, 0.6) is 0 Å². The maximum absolute atomic E-state index is 10.0. The third-order valence-corrected chi connectivity index (χ3v) is 5.24. The maximum atomic E-state index is 10.0. The molecule has 2 heteroatoms. The first-order valence-electron chi connectivity index (χ1n) is 8.26. The van der Waals surface area contributed by atoms with Crippen molar-refractivity contribution in [3.8, 4) is 0 Å². The lowest BCUT2D eigenvalue weighted by Crippen LogP contribution is -2.38. The van der Waals surface area contributed by atoms with Crippen LogP contribution in [0.25, 0.3) is 0 Å². The molecule has 2 fully saturated rings. The smallest absolute Gasteiger partial charge is 0.0685 e. The fraction of sp³-hybridized carbons (Fsp3) is 0.684. The Morgan fingerprint density at radius 3 is 2.38 bits per heavy atom. The molecule has 0 bridgehead atoms. The van der Waals surface area contributed by atoms with Crippen molar-refractivity contribution in [2.24, 2.45) is 11.3 Å². The van der Waals surface area contributed by atoms with Gasteiger partial charge in [-0.25, -0.2) is 0 Å². The Hall–Kier alpha value is -0.860. The summed E-state index contributed by atoms with van der Waals surface area (Å²) in [6.07, 6.45) is 4.75. The van der Waals surface area contributed by atoms with Crippen LogP contribution < -0.4 is 0 Å². The summed E-state index contributed by atoms with van der Waals surface area (Å²) in [5, 5.41) is 10.0. The number of rotatable bonds is 4. The fourth-order valence-corrected chi connectivity index (χ4v) is 3.69. The predicted octanol–water partition coefficient (Wildman–Crippen LogP) is 3.70. The highest BCUT2D eigenvalue weighted by atomic mass is 16.5. The molecule has 1 saturated carbocycles. The number of ether oxygens (including phenoxy) is 1. The van der Waals surface area contributed by atoms with E-state index in [2.05, 4.69) is 45.0 Å². The van der Waals surface area contributed by atoms with Crippen LogP contribution in [0.4, 0.5) is 0 Å². The maximum Gasteiger partial charge on any atom is 0.0685 e. The molecule has 0 spiro atoms. The molecule has 21 heavy (non-hydrogen) atoms. The van der Waals surface area contributed by atoms with Gasteiger partial charge >= 0.3 is 0 Å². The van der Waals surface area contributed by atoms with Crippen molar-refractivity contribution >= 4 is 0 Å². The average Bonchev–Trinajstić information content (AvgIpc) is 3.20. The number of aliphatic hydroxyl groups is 1. The van der Waals surface area contributed by atoms with E-state index in [1.807, 2.05) is 0 Å². The van der Waals surface area contributed by atoms with Gasteiger partial charge in [-0.3, -0.25) is 0 Å². The molecule has 0 radical (unpaired) electrons. The Morgan fingerprint density at radius 1 is 1.19 bits per heavy atom. The second kappa shape index (κ2) is 5.40. The molecular weight excluding hydrogens is 260 g/mol. The lowest BCUT2D eigenvalue weighted by atomic mass is 9.74. The minimum atomic E-state index is -0.0512. The summed E-state index contributed by atoms with van der Waals surface area (Å²) >= 11 is 0. The van der Waals surface area contributed by atoms with Crippen molar-refractivity contribution < 1.29 is 9.84 Å². The first kappa shape index (κ1) is 15.1. The molecular formula is C19H28O2. The Kier molecular flexibility index (Phi) is 3.87. The first-order chi connectivity index (χ1) is 9.94. The van der Waals surface area contributed by atoms with Gasteiger partial charge in [0.1, 0.15) is 0 Å². The Morgan fingerprint density at radius 2 is 1.86 bits per heavy atom. The van der Waals surface area contributed by atoms with Gasteiger partial charge in [0, 0.05) is 12.0 Å². The van der Waals surface area contributed by atoms with Crippen LogP contribution in [-0.2, 0) is 16.6 Å². The van der Waals surface area contributed by atoms with Gasteiger partial charge in [0.05, 0.1) is 12.7 Å². The van der Waals surface area contributed by atoms with E-state index in [9.17, 15) is 5.11 Å². The summed E-state index contributed by atoms with van der Waals surface area (Å²) in [6, 6.07) is 8.95. The van der Waals surface area contributed by atoms with Crippen molar-refractivity contribution in [3.05, 3.63) is 35.4 Å². The van der Waals surface area contributed by atoms with Crippen LogP contribution in [0.1, 0.15) is 51.2 Å². The summed E-state index contributed by atoms with van der Waals surface area (Å²) in [7, 11) is 0. The average molecular weight is 288 g/mol. The third kappa shape index (κ3) is 3.02. The summed E-state index contributed by atoms with van der Waals surface area (Å²) in [6.45, 7) is 7.78. The molecule has 1 saturated heterocycles. The van der Waals surface area contributed by atoms with Crippen LogP contribution in [-0.4, -0.2) is 24.4 Å². The molecule has 1 aromatic carbocycles. The zero-order chi connectivity index (χ0) is 15.1. The van der Waals surface area contributed by atoms with Crippen molar-refractivity contribution in [1.82, 2.24) is 0 Å².